The van der Waals surface area contributed by atoms with Gasteiger partial charge in [-0.2, -0.15) is 0 Å². The Labute approximate surface area is 184 Å². The summed E-state index contributed by atoms with van der Waals surface area (Å²) >= 11 is 0. The van der Waals surface area contributed by atoms with E-state index >= 15 is 0 Å². The number of anilines is 1. The number of hydrogen-bond acceptors (Lipinski definition) is 5. The van der Waals surface area contributed by atoms with Gasteiger partial charge in [0.25, 0.3) is 0 Å². The molecule has 2 rings (SSSR count). The predicted molar refractivity (Wildman–Crippen MR) is 119 cm³/mol. The number of rotatable bonds is 6. The molecule has 1 aliphatic rings. The number of nitrogens with one attached hydrogen (secondary N) is 1. The summed E-state index contributed by atoms with van der Waals surface area (Å²) in [5.41, 5.74) is 1.09. The molecule has 170 valence electrons. The highest BCUT2D eigenvalue weighted by molar-refractivity contribution is 5.99. The number of amides is 3. The van der Waals surface area contributed by atoms with Crippen LogP contribution in [0, 0.1) is 6.92 Å². The summed E-state index contributed by atoms with van der Waals surface area (Å²) in [6.07, 6.45) is 0.529. The predicted octanol–water partition coefficient (Wildman–Crippen LogP) is 3.64. The van der Waals surface area contributed by atoms with E-state index in [0.29, 0.717) is 6.54 Å². The molecular formula is C23H33N3O5. The van der Waals surface area contributed by atoms with Gasteiger partial charge < -0.3 is 19.7 Å². The van der Waals surface area contributed by atoms with E-state index in [-0.39, 0.29) is 25.5 Å². The monoisotopic (exact) mass is 431 g/mol. The largest absolute Gasteiger partial charge is 0.445 e. The maximum atomic E-state index is 13.5. The van der Waals surface area contributed by atoms with Gasteiger partial charge in [-0.05, 0) is 58.7 Å². The average molecular weight is 432 g/mol. The molecule has 2 atom stereocenters. The van der Waals surface area contributed by atoms with Crippen LogP contribution in [0.1, 0.15) is 39.7 Å². The molecular weight excluding hydrogens is 398 g/mol. The average Bonchev–Trinajstić information content (AvgIpc) is 3.09. The molecule has 1 heterocycles. The highest BCUT2D eigenvalue weighted by Crippen LogP contribution is 2.26. The van der Waals surface area contributed by atoms with Gasteiger partial charge in [-0.15, -0.1) is 0 Å². The highest BCUT2D eigenvalue weighted by atomic mass is 16.6. The van der Waals surface area contributed by atoms with Gasteiger partial charge in [-0.1, -0.05) is 24.8 Å². The molecule has 1 aromatic rings. The number of aryl methyl sites for hydroxylation is 1. The number of benzene rings is 1. The first kappa shape index (κ1) is 24.2. The van der Waals surface area contributed by atoms with Crippen molar-refractivity contribution in [3.05, 3.63) is 42.5 Å². The smallest absolute Gasteiger partial charge is 0.411 e. The Kier molecular flexibility index (Phi) is 8.08. The molecule has 0 bridgehead atoms. The van der Waals surface area contributed by atoms with Crippen LogP contribution in [0.5, 0.6) is 0 Å². The van der Waals surface area contributed by atoms with Crippen LogP contribution in [0.15, 0.2) is 36.9 Å². The highest BCUT2D eigenvalue weighted by Gasteiger charge is 2.43. The molecule has 1 fully saturated rings. The number of hydrogen-bond donors (Lipinski definition) is 1. The lowest BCUT2D eigenvalue weighted by Gasteiger charge is -2.31. The fourth-order valence-corrected chi connectivity index (χ4v) is 3.48. The standard InChI is InChI=1S/C23H33N3O5/c1-7-12-30-21(28)24-17-14-19(26(15-17)22(29)31-23(4,5)6)20(27)25(8-2)18-11-9-10-16(3)13-18/h7,9-11,13,17,19H,1,8,12,14-15H2,2-6H3,(H,24,28)/t17-,19-/m0/s1. The molecule has 0 saturated carbocycles. The van der Waals surface area contributed by atoms with E-state index in [2.05, 4.69) is 11.9 Å². The number of alkyl carbamates (subject to hydrolysis) is 1. The summed E-state index contributed by atoms with van der Waals surface area (Å²) in [5.74, 6) is -0.220. The Morgan fingerprint density at radius 2 is 2.03 bits per heavy atom. The van der Waals surface area contributed by atoms with Crippen molar-refractivity contribution in [1.82, 2.24) is 10.2 Å². The molecule has 31 heavy (non-hydrogen) atoms. The van der Waals surface area contributed by atoms with Crippen molar-refractivity contribution in [1.29, 1.82) is 0 Å². The summed E-state index contributed by atoms with van der Waals surface area (Å²) < 4.78 is 10.5. The molecule has 1 N–H and O–H groups in total. The van der Waals surface area contributed by atoms with Gasteiger partial charge in [-0.25, -0.2) is 9.59 Å². The third kappa shape index (κ3) is 6.73. The Morgan fingerprint density at radius 1 is 1.32 bits per heavy atom. The first-order valence-corrected chi connectivity index (χ1v) is 10.5. The quantitative estimate of drug-likeness (QED) is 0.695. The van der Waals surface area contributed by atoms with Gasteiger partial charge in [0.05, 0.1) is 6.04 Å². The van der Waals surface area contributed by atoms with Crippen LogP contribution in [-0.2, 0) is 14.3 Å². The van der Waals surface area contributed by atoms with Gasteiger partial charge >= 0.3 is 12.2 Å². The minimum Gasteiger partial charge on any atom is -0.445 e. The minimum atomic E-state index is -0.764. The van der Waals surface area contributed by atoms with Gasteiger partial charge in [0.15, 0.2) is 0 Å². The van der Waals surface area contributed by atoms with Crippen LogP contribution in [0.2, 0.25) is 0 Å². The van der Waals surface area contributed by atoms with E-state index < -0.39 is 29.9 Å². The van der Waals surface area contributed by atoms with Crippen LogP contribution >= 0.6 is 0 Å². The molecule has 0 aromatic heterocycles. The van der Waals surface area contributed by atoms with Crippen LogP contribution in [0.4, 0.5) is 15.3 Å². The van der Waals surface area contributed by atoms with E-state index in [1.807, 2.05) is 38.1 Å². The van der Waals surface area contributed by atoms with Crippen LogP contribution in [0.25, 0.3) is 0 Å². The van der Waals surface area contributed by atoms with E-state index in [4.69, 9.17) is 9.47 Å². The lowest BCUT2D eigenvalue weighted by Crippen LogP contribution is -2.49. The number of likely N-dealkylation sites (tertiary alicyclic amines) is 1. The second kappa shape index (κ2) is 10.3. The summed E-state index contributed by atoms with van der Waals surface area (Å²) in [6, 6.07) is 6.44. The van der Waals surface area contributed by atoms with Crippen molar-refractivity contribution < 1.29 is 23.9 Å². The molecule has 1 aliphatic heterocycles. The molecule has 0 spiro atoms. The summed E-state index contributed by atoms with van der Waals surface area (Å²) in [5, 5.41) is 2.72. The Morgan fingerprint density at radius 3 is 2.61 bits per heavy atom. The second-order valence-electron chi connectivity index (χ2n) is 8.53. The minimum absolute atomic E-state index is 0.0770. The lowest BCUT2D eigenvalue weighted by atomic mass is 10.1. The number of nitrogens with zero attached hydrogens (tertiary/aromatic N) is 2. The van der Waals surface area contributed by atoms with Gasteiger partial charge in [0, 0.05) is 18.8 Å². The fourth-order valence-electron chi connectivity index (χ4n) is 3.48. The molecule has 0 aliphatic carbocycles. The Balaban J connectivity index is 2.25. The zero-order valence-corrected chi connectivity index (χ0v) is 19.0. The van der Waals surface area contributed by atoms with Crippen molar-refractivity contribution in [2.75, 3.05) is 24.6 Å². The zero-order valence-electron chi connectivity index (χ0n) is 19.0. The summed E-state index contributed by atoms with van der Waals surface area (Å²) in [7, 11) is 0. The van der Waals surface area contributed by atoms with Gasteiger partial charge in [-0.3, -0.25) is 9.69 Å². The molecule has 0 unspecified atom stereocenters. The topological polar surface area (TPSA) is 88.2 Å². The van der Waals surface area contributed by atoms with Crippen LogP contribution in [-0.4, -0.2) is 60.4 Å². The lowest BCUT2D eigenvalue weighted by molar-refractivity contribution is -0.122. The molecule has 8 heteroatoms. The second-order valence-corrected chi connectivity index (χ2v) is 8.53. The van der Waals surface area contributed by atoms with Crippen molar-refractivity contribution in [3.63, 3.8) is 0 Å². The number of likely N-dealkylation sites (N-methyl/N-ethyl adjacent to an activating group) is 1. The summed E-state index contributed by atoms with van der Waals surface area (Å²) in [4.78, 5) is 41.4. The maximum absolute atomic E-state index is 13.5. The molecule has 1 aromatic carbocycles. The van der Waals surface area contributed by atoms with Crippen molar-refractivity contribution >= 4 is 23.8 Å². The first-order valence-electron chi connectivity index (χ1n) is 10.5. The van der Waals surface area contributed by atoms with Gasteiger partial charge in [0.1, 0.15) is 18.2 Å². The number of carbonyl (C=O) groups excluding carboxylic acids is 3. The van der Waals surface area contributed by atoms with Crippen molar-refractivity contribution in [2.45, 2.75) is 58.7 Å². The van der Waals surface area contributed by atoms with Crippen molar-refractivity contribution in [2.24, 2.45) is 0 Å². The maximum Gasteiger partial charge on any atom is 0.411 e. The molecule has 3 amide bonds. The fraction of sp³-hybridized carbons (Fsp3) is 0.522. The van der Waals surface area contributed by atoms with Crippen molar-refractivity contribution in [3.8, 4) is 0 Å². The van der Waals surface area contributed by atoms with E-state index in [1.165, 1.54) is 11.0 Å². The van der Waals surface area contributed by atoms with Gasteiger partial charge in [0.2, 0.25) is 5.91 Å². The normalized spacial score (nSPS) is 18.3. The Bertz CT molecular complexity index is 818. The Hall–Kier alpha value is -3.03. The van der Waals surface area contributed by atoms with E-state index in [0.717, 1.165) is 11.3 Å². The SMILES string of the molecule is C=CCOC(=O)N[C@H]1C[C@@H](C(=O)N(CC)c2cccc(C)c2)N(C(=O)OC(C)(C)C)C1. The summed E-state index contributed by atoms with van der Waals surface area (Å²) in [6.45, 7) is 13.3. The number of carbonyl (C=O) groups is 3. The van der Waals surface area contributed by atoms with Crippen LogP contribution < -0.4 is 10.2 Å². The van der Waals surface area contributed by atoms with Crippen LogP contribution in [0.3, 0.4) is 0 Å². The van der Waals surface area contributed by atoms with E-state index in [9.17, 15) is 14.4 Å². The first-order chi connectivity index (χ1) is 14.6. The zero-order chi connectivity index (χ0) is 23.2. The molecule has 8 nitrogen and oxygen atoms in total. The third-order valence-corrected chi connectivity index (χ3v) is 4.76. The number of ether oxygens (including phenoxy) is 2. The van der Waals surface area contributed by atoms with E-state index in [1.54, 1.807) is 25.7 Å². The third-order valence-electron chi connectivity index (χ3n) is 4.76. The molecule has 1 saturated heterocycles. The molecule has 0 radical (unpaired) electrons.